The van der Waals surface area contributed by atoms with Gasteiger partial charge in [0.25, 0.3) is 20.1 Å². The van der Waals surface area contributed by atoms with Crippen LogP contribution in [-0.4, -0.2) is 44.1 Å². The fraction of sp³-hybridized carbons (Fsp3) is 0.517. The Labute approximate surface area is 222 Å². The molecule has 200 valence electrons. The zero-order valence-electron chi connectivity index (χ0n) is 23.2. The van der Waals surface area contributed by atoms with E-state index in [-0.39, 0.29) is 34.1 Å². The summed E-state index contributed by atoms with van der Waals surface area (Å²) in [4.78, 5) is 34.2. The molecule has 0 bridgehead atoms. The molecule has 0 saturated carbocycles. The molecule has 1 atom stereocenters. The summed E-state index contributed by atoms with van der Waals surface area (Å²) in [5.74, 6) is 1.01. The van der Waals surface area contributed by atoms with Crippen molar-refractivity contribution in [2.45, 2.75) is 77.4 Å². The van der Waals surface area contributed by atoms with Crippen LogP contribution >= 0.6 is 0 Å². The zero-order valence-corrected chi connectivity index (χ0v) is 24.2. The largest absolute Gasteiger partial charge is 0.537 e. The number of methoxy groups -OCH3 is 1. The molecule has 1 aromatic heterocycles. The molecule has 1 aliphatic carbocycles. The number of carbonyl (C=O) groups excluding carboxylic acids is 2. The van der Waals surface area contributed by atoms with Crippen molar-refractivity contribution in [2.24, 2.45) is 5.92 Å². The second-order valence-corrected chi connectivity index (χ2v) is 16.1. The molecule has 2 aromatic rings. The number of aldehydes is 1. The summed E-state index contributed by atoms with van der Waals surface area (Å²) >= 11 is 0. The average molecular weight is 524 g/mol. The Morgan fingerprint density at radius 1 is 1.05 bits per heavy atom. The fourth-order valence-corrected chi connectivity index (χ4v) is 10.8. The first-order chi connectivity index (χ1) is 17.6. The van der Waals surface area contributed by atoms with E-state index in [9.17, 15) is 9.59 Å². The van der Waals surface area contributed by atoms with Gasteiger partial charge in [0, 0.05) is 17.7 Å². The van der Waals surface area contributed by atoms with Gasteiger partial charge < -0.3 is 14.5 Å². The lowest BCUT2D eigenvalue weighted by Crippen LogP contribution is -2.51. The van der Waals surface area contributed by atoms with Gasteiger partial charge in [0.15, 0.2) is 17.3 Å². The molecule has 0 saturated heterocycles. The van der Waals surface area contributed by atoms with Crippen LogP contribution in [0, 0.1) is 5.92 Å². The van der Waals surface area contributed by atoms with E-state index in [2.05, 4.69) is 64.0 Å². The molecule has 1 heterocycles. The third-order valence-corrected chi connectivity index (χ3v) is 13.4. The summed E-state index contributed by atoms with van der Waals surface area (Å²) < 4.78 is 12.7. The summed E-state index contributed by atoms with van der Waals surface area (Å²) in [6.07, 6.45) is 8.19. The monoisotopic (exact) mass is 523 g/mol. The maximum Gasteiger partial charge on any atom is 0.274 e. The van der Waals surface area contributed by atoms with E-state index in [0.717, 1.165) is 25.5 Å². The van der Waals surface area contributed by atoms with Gasteiger partial charge in [0.05, 0.1) is 7.11 Å². The number of nitrogens with one attached hydrogen (secondary N) is 1. The maximum atomic E-state index is 13.7. The van der Waals surface area contributed by atoms with E-state index in [1.807, 2.05) is 0 Å². The van der Waals surface area contributed by atoms with E-state index < -0.39 is 8.32 Å². The van der Waals surface area contributed by atoms with Crippen molar-refractivity contribution in [3.63, 3.8) is 0 Å². The van der Waals surface area contributed by atoms with Gasteiger partial charge in [-0.3, -0.25) is 9.59 Å². The summed E-state index contributed by atoms with van der Waals surface area (Å²) in [6.45, 7) is 13.7. The minimum absolute atomic E-state index is 0.187. The number of aromatic nitrogens is 2. The fourth-order valence-electron chi connectivity index (χ4n) is 5.55. The molecule has 0 spiro atoms. The summed E-state index contributed by atoms with van der Waals surface area (Å²) in [5.41, 5.74) is 2.29. The van der Waals surface area contributed by atoms with E-state index in [1.165, 1.54) is 7.11 Å². The van der Waals surface area contributed by atoms with Crippen LogP contribution in [0.25, 0.3) is 11.4 Å². The SMILES string of the molecule is COc1nc(-c2ccc(C=O)cc2)nc(C(=O)NCC2CC=CCC2)c1O[Si](C(C)C)(C(C)C)C(C)C. The third kappa shape index (κ3) is 6.29. The van der Waals surface area contributed by atoms with Crippen LogP contribution < -0.4 is 14.5 Å². The lowest BCUT2D eigenvalue weighted by molar-refractivity contribution is 0.0937. The van der Waals surface area contributed by atoms with Crippen molar-refractivity contribution < 1.29 is 18.8 Å². The Kier molecular flexibility index (Phi) is 9.65. The molecule has 1 aromatic carbocycles. The smallest absolute Gasteiger partial charge is 0.274 e. The highest BCUT2D eigenvalue weighted by Gasteiger charge is 2.48. The number of hydrogen-bond acceptors (Lipinski definition) is 6. The molecule has 0 aliphatic heterocycles. The number of hydrogen-bond donors (Lipinski definition) is 1. The van der Waals surface area contributed by atoms with Crippen LogP contribution in [0.2, 0.25) is 16.6 Å². The van der Waals surface area contributed by atoms with Gasteiger partial charge in [-0.15, -0.1) is 0 Å². The quantitative estimate of drug-likeness (QED) is 0.203. The Balaban J connectivity index is 2.11. The summed E-state index contributed by atoms with van der Waals surface area (Å²) in [6, 6.07) is 6.94. The van der Waals surface area contributed by atoms with Gasteiger partial charge in [-0.2, -0.15) is 4.98 Å². The Hall–Kier alpha value is -3.00. The highest BCUT2D eigenvalue weighted by Crippen LogP contribution is 2.45. The molecule has 1 unspecified atom stereocenters. The third-order valence-electron chi connectivity index (χ3n) is 7.46. The standard InChI is InChI=1S/C29H41N3O4Si/c1-19(2)37(20(3)4,21(5)6)36-26-25(28(34)30-17-22-11-9-8-10-12-22)31-27(32-29(26)35-7)24-15-13-23(18-33)14-16-24/h8-9,13-16,18-22H,10-12,17H2,1-7H3,(H,30,34). The van der Waals surface area contributed by atoms with Gasteiger partial charge in [0.2, 0.25) is 0 Å². The highest BCUT2D eigenvalue weighted by atomic mass is 28.4. The molecular weight excluding hydrogens is 482 g/mol. The predicted octanol–water partition coefficient (Wildman–Crippen LogP) is 6.61. The Bertz CT molecular complexity index is 1090. The molecule has 1 amide bonds. The van der Waals surface area contributed by atoms with Crippen molar-refractivity contribution in [1.82, 2.24) is 15.3 Å². The van der Waals surface area contributed by atoms with E-state index in [0.29, 0.717) is 35.2 Å². The first-order valence-corrected chi connectivity index (χ1v) is 15.4. The Morgan fingerprint density at radius 2 is 1.70 bits per heavy atom. The van der Waals surface area contributed by atoms with Crippen molar-refractivity contribution in [2.75, 3.05) is 13.7 Å². The van der Waals surface area contributed by atoms with Gasteiger partial charge in [-0.25, -0.2) is 4.98 Å². The molecule has 0 fully saturated rings. The van der Waals surface area contributed by atoms with E-state index >= 15 is 0 Å². The van der Waals surface area contributed by atoms with Crippen LogP contribution in [0.15, 0.2) is 36.4 Å². The van der Waals surface area contributed by atoms with Crippen LogP contribution in [0.1, 0.15) is 81.7 Å². The number of rotatable bonds is 11. The van der Waals surface area contributed by atoms with Crippen LogP contribution in [0.4, 0.5) is 0 Å². The molecule has 3 rings (SSSR count). The molecule has 1 N–H and O–H groups in total. The number of ether oxygens (including phenoxy) is 1. The zero-order chi connectivity index (χ0) is 27.2. The van der Waals surface area contributed by atoms with Crippen molar-refractivity contribution in [1.29, 1.82) is 0 Å². The van der Waals surface area contributed by atoms with E-state index in [1.54, 1.807) is 24.3 Å². The first-order valence-electron chi connectivity index (χ1n) is 13.3. The van der Waals surface area contributed by atoms with Crippen LogP contribution in [0.3, 0.4) is 0 Å². The number of allylic oxidation sites excluding steroid dienone is 2. The maximum absolute atomic E-state index is 13.7. The Morgan fingerprint density at radius 3 is 2.22 bits per heavy atom. The van der Waals surface area contributed by atoms with Crippen LogP contribution in [0.5, 0.6) is 11.6 Å². The predicted molar refractivity (Wildman–Crippen MR) is 150 cm³/mol. The second kappa shape index (κ2) is 12.5. The van der Waals surface area contributed by atoms with Gasteiger partial charge in [-0.1, -0.05) is 78.0 Å². The first kappa shape index (κ1) is 28.6. The minimum atomic E-state index is -2.45. The molecule has 37 heavy (non-hydrogen) atoms. The molecule has 7 nitrogen and oxygen atoms in total. The molecule has 1 aliphatic rings. The normalized spacial score (nSPS) is 15.8. The van der Waals surface area contributed by atoms with E-state index in [4.69, 9.17) is 14.1 Å². The van der Waals surface area contributed by atoms with Gasteiger partial charge in [-0.05, 0) is 41.8 Å². The highest BCUT2D eigenvalue weighted by molar-refractivity contribution is 6.78. The number of amides is 1. The van der Waals surface area contributed by atoms with Crippen molar-refractivity contribution >= 4 is 20.5 Å². The lowest BCUT2D eigenvalue weighted by atomic mass is 9.94. The molecule has 8 heteroatoms. The van der Waals surface area contributed by atoms with Crippen molar-refractivity contribution in [3.8, 4) is 23.0 Å². The van der Waals surface area contributed by atoms with Crippen LogP contribution in [-0.2, 0) is 0 Å². The number of carbonyl (C=O) groups is 2. The second-order valence-electron chi connectivity index (χ2n) is 10.8. The number of nitrogens with zero attached hydrogens (tertiary/aromatic N) is 2. The molecular formula is C29H41N3O4Si. The lowest BCUT2D eigenvalue weighted by Gasteiger charge is -2.42. The topological polar surface area (TPSA) is 90.4 Å². The average Bonchev–Trinajstić information content (AvgIpc) is 2.90. The van der Waals surface area contributed by atoms with Gasteiger partial charge >= 0.3 is 0 Å². The molecule has 0 radical (unpaired) electrons. The summed E-state index contributed by atoms with van der Waals surface area (Å²) in [7, 11) is -0.910. The van der Waals surface area contributed by atoms with Gasteiger partial charge in [0.1, 0.15) is 6.29 Å². The summed E-state index contributed by atoms with van der Waals surface area (Å²) in [5, 5.41) is 3.10. The number of benzene rings is 1. The van der Waals surface area contributed by atoms with Crippen molar-refractivity contribution in [3.05, 3.63) is 47.7 Å². The minimum Gasteiger partial charge on any atom is -0.537 e.